The first kappa shape index (κ1) is 32.2. The van der Waals surface area contributed by atoms with Crippen molar-refractivity contribution in [3.05, 3.63) is 89.5 Å². The maximum atomic E-state index is 13.8. The maximum Gasteiger partial charge on any atom is 0.310 e. The first-order valence-electron chi connectivity index (χ1n) is 15.0. The molecule has 12 nitrogen and oxygen atoms in total. The minimum absolute atomic E-state index is 0.0342. The van der Waals surface area contributed by atoms with Gasteiger partial charge in [0, 0.05) is 30.8 Å². The topological polar surface area (TPSA) is 152 Å². The molecule has 3 N–H and O–H groups in total. The normalized spacial score (nSPS) is 19.6. The van der Waals surface area contributed by atoms with E-state index in [9.17, 15) is 24.0 Å². The van der Waals surface area contributed by atoms with Gasteiger partial charge in [-0.2, -0.15) is 0 Å². The van der Waals surface area contributed by atoms with Crippen molar-refractivity contribution in [3.63, 3.8) is 0 Å². The quantitative estimate of drug-likeness (QED) is 0.216. The van der Waals surface area contributed by atoms with Gasteiger partial charge in [-0.05, 0) is 66.1 Å². The summed E-state index contributed by atoms with van der Waals surface area (Å²) in [5.41, 5.74) is 1.50. The Bertz CT molecular complexity index is 1650. The molecule has 4 amide bonds. The number of nitrogens with zero attached hydrogens (tertiary/aromatic N) is 1. The highest BCUT2D eigenvalue weighted by Crippen LogP contribution is 2.19. The molecule has 2 heterocycles. The van der Waals surface area contributed by atoms with Crippen molar-refractivity contribution >= 4 is 40.4 Å². The van der Waals surface area contributed by atoms with Gasteiger partial charge in [-0.25, -0.2) is 0 Å². The van der Waals surface area contributed by atoms with E-state index in [2.05, 4.69) is 16.0 Å². The monoisotopic (exact) mass is 628 g/mol. The Balaban J connectivity index is 1.30. The molecule has 2 aliphatic rings. The molecule has 0 radical (unpaired) electrons. The molecule has 12 heteroatoms. The van der Waals surface area contributed by atoms with Crippen LogP contribution in [-0.4, -0.2) is 86.2 Å². The molecule has 0 saturated carbocycles. The van der Waals surface area contributed by atoms with Gasteiger partial charge in [-0.1, -0.05) is 36.4 Å². The summed E-state index contributed by atoms with van der Waals surface area (Å²) in [6.07, 6.45) is 0.974. The molecule has 0 bridgehead atoms. The predicted molar refractivity (Wildman–Crippen MR) is 168 cm³/mol. The third kappa shape index (κ3) is 7.88. The molecule has 46 heavy (non-hydrogen) atoms. The summed E-state index contributed by atoms with van der Waals surface area (Å²) >= 11 is 0. The largest absolute Gasteiger partial charge is 0.497 e. The highest BCUT2D eigenvalue weighted by molar-refractivity contribution is 6.01. The summed E-state index contributed by atoms with van der Waals surface area (Å²) in [6.45, 7) is 1.82. The van der Waals surface area contributed by atoms with Gasteiger partial charge in [0.1, 0.15) is 17.8 Å². The molecular formula is C34H36N4O8. The summed E-state index contributed by atoms with van der Waals surface area (Å²) in [6, 6.07) is 17.9. The summed E-state index contributed by atoms with van der Waals surface area (Å²) in [7, 11) is 1.54. The number of carbonyl (C=O) groups is 5. The summed E-state index contributed by atoms with van der Waals surface area (Å²) in [4.78, 5) is 66.2. The number of amides is 4. The molecule has 1 fully saturated rings. The second-order valence-corrected chi connectivity index (χ2v) is 11.0. The van der Waals surface area contributed by atoms with E-state index in [0.717, 1.165) is 10.8 Å². The number of fused-ring (bicyclic) bond motifs is 1. The van der Waals surface area contributed by atoms with Crippen LogP contribution in [0.1, 0.15) is 40.5 Å². The van der Waals surface area contributed by atoms with Gasteiger partial charge in [0.05, 0.1) is 20.1 Å². The highest BCUT2D eigenvalue weighted by Gasteiger charge is 2.37. The van der Waals surface area contributed by atoms with Gasteiger partial charge in [0.25, 0.3) is 11.8 Å². The predicted octanol–water partition coefficient (Wildman–Crippen LogP) is 2.33. The van der Waals surface area contributed by atoms with E-state index in [1.165, 1.54) is 12.0 Å². The minimum Gasteiger partial charge on any atom is -0.497 e. The lowest BCUT2D eigenvalue weighted by atomic mass is 10.1. The Kier molecular flexibility index (Phi) is 10.3. The van der Waals surface area contributed by atoms with Gasteiger partial charge in [0.15, 0.2) is 0 Å². The van der Waals surface area contributed by atoms with E-state index in [1.807, 2.05) is 30.3 Å². The molecule has 1 unspecified atom stereocenters. The molecule has 0 aromatic heterocycles. The third-order valence-electron chi connectivity index (χ3n) is 7.77. The van der Waals surface area contributed by atoms with Gasteiger partial charge in [-0.3, -0.25) is 24.0 Å². The molecule has 240 valence electrons. The van der Waals surface area contributed by atoms with Crippen molar-refractivity contribution in [1.29, 1.82) is 0 Å². The third-order valence-corrected chi connectivity index (χ3v) is 7.77. The van der Waals surface area contributed by atoms with Crippen LogP contribution in [0.3, 0.4) is 0 Å². The number of ether oxygens (including phenoxy) is 3. The number of cyclic esters (lactones) is 1. The number of nitrogens with one attached hydrogen (secondary N) is 3. The molecule has 0 spiro atoms. The van der Waals surface area contributed by atoms with Crippen molar-refractivity contribution in [3.8, 4) is 5.75 Å². The van der Waals surface area contributed by atoms with Crippen molar-refractivity contribution in [2.45, 2.75) is 38.1 Å². The second kappa shape index (κ2) is 14.7. The SMILES string of the molecule is CCOC1OC(=O)C[C@@H]1NC(=O)CN1CC(CNC(=O)c2ccc(OC)cc2)=CC[C@H](NC(=O)c2ccc3ccccc3c2)C1=O. The Morgan fingerprint density at radius 3 is 2.41 bits per heavy atom. The van der Waals surface area contributed by atoms with Crippen molar-refractivity contribution in [2.75, 3.05) is 33.4 Å². The first-order chi connectivity index (χ1) is 22.2. The molecule has 5 rings (SSSR count). The summed E-state index contributed by atoms with van der Waals surface area (Å²) in [5.74, 6) is -1.62. The van der Waals surface area contributed by atoms with Crippen LogP contribution < -0.4 is 20.7 Å². The Morgan fingerprint density at radius 1 is 0.935 bits per heavy atom. The van der Waals surface area contributed by atoms with Crippen LogP contribution in [0.5, 0.6) is 5.75 Å². The van der Waals surface area contributed by atoms with Crippen molar-refractivity contribution in [2.24, 2.45) is 0 Å². The zero-order chi connectivity index (χ0) is 32.6. The van der Waals surface area contributed by atoms with Crippen LogP contribution >= 0.6 is 0 Å². The molecule has 3 atom stereocenters. The summed E-state index contributed by atoms with van der Waals surface area (Å²) in [5, 5.41) is 10.3. The van der Waals surface area contributed by atoms with Crippen LogP contribution in [0.25, 0.3) is 10.8 Å². The Labute approximate surface area is 266 Å². The first-order valence-corrected chi connectivity index (χ1v) is 15.0. The smallest absolute Gasteiger partial charge is 0.310 e. The fourth-order valence-corrected chi connectivity index (χ4v) is 5.38. The zero-order valence-electron chi connectivity index (χ0n) is 25.6. The van der Waals surface area contributed by atoms with Gasteiger partial charge >= 0.3 is 5.97 Å². The Hall–Kier alpha value is -5.23. The summed E-state index contributed by atoms with van der Waals surface area (Å²) < 4.78 is 15.7. The number of benzene rings is 3. The van der Waals surface area contributed by atoms with Crippen LogP contribution in [0, 0.1) is 0 Å². The van der Waals surface area contributed by atoms with Gasteiger partial charge in [-0.15, -0.1) is 0 Å². The average molecular weight is 629 g/mol. The molecule has 3 aromatic carbocycles. The lowest BCUT2D eigenvalue weighted by molar-refractivity contribution is -0.164. The van der Waals surface area contributed by atoms with Crippen LogP contribution in [0.4, 0.5) is 0 Å². The van der Waals surface area contributed by atoms with E-state index in [1.54, 1.807) is 49.4 Å². The minimum atomic E-state index is -0.964. The van der Waals surface area contributed by atoms with E-state index < -0.39 is 42.1 Å². The molecule has 1 saturated heterocycles. The van der Waals surface area contributed by atoms with Crippen LogP contribution in [-0.2, 0) is 23.9 Å². The number of esters is 1. The molecule has 3 aromatic rings. The number of methoxy groups -OCH3 is 1. The van der Waals surface area contributed by atoms with E-state index in [0.29, 0.717) is 22.4 Å². The van der Waals surface area contributed by atoms with E-state index in [-0.39, 0.29) is 45.0 Å². The fourth-order valence-electron chi connectivity index (χ4n) is 5.38. The second-order valence-electron chi connectivity index (χ2n) is 11.0. The average Bonchev–Trinajstić information content (AvgIpc) is 3.34. The van der Waals surface area contributed by atoms with Gasteiger partial charge < -0.3 is 35.1 Å². The Morgan fingerprint density at radius 2 is 1.67 bits per heavy atom. The van der Waals surface area contributed by atoms with Crippen LogP contribution in [0.15, 0.2) is 78.4 Å². The van der Waals surface area contributed by atoms with Crippen molar-refractivity contribution < 1.29 is 38.2 Å². The molecule has 2 aliphatic heterocycles. The lowest BCUT2D eigenvalue weighted by Crippen LogP contribution is -2.52. The van der Waals surface area contributed by atoms with Crippen LogP contribution in [0.2, 0.25) is 0 Å². The number of hydrogen-bond donors (Lipinski definition) is 3. The van der Waals surface area contributed by atoms with Crippen molar-refractivity contribution in [1.82, 2.24) is 20.9 Å². The zero-order valence-corrected chi connectivity index (χ0v) is 25.6. The number of hydrogen-bond acceptors (Lipinski definition) is 8. The highest BCUT2D eigenvalue weighted by atomic mass is 16.7. The van der Waals surface area contributed by atoms with E-state index >= 15 is 0 Å². The standard InChI is InChI=1S/C34H36N4O8/c1-3-45-34-28(17-30(40)46-34)36-29(39)20-38-19-21(18-35-31(41)23-11-13-26(44-2)14-12-23)8-15-27(33(38)43)37-32(42)25-10-9-22-6-4-5-7-24(22)16-25/h4-14,16,27-28,34H,3,15,17-20H2,1-2H3,(H,35,41)(H,36,39)(H,37,42)/t27-,28-,34?/m0/s1. The molecular weight excluding hydrogens is 592 g/mol. The van der Waals surface area contributed by atoms with Gasteiger partial charge in [0.2, 0.25) is 18.1 Å². The van der Waals surface area contributed by atoms with E-state index in [4.69, 9.17) is 14.2 Å². The number of rotatable bonds is 11. The maximum absolute atomic E-state index is 13.8. The lowest BCUT2D eigenvalue weighted by Gasteiger charge is -2.26. The fraction of sp³-hybridized carbons (Fsp3) is 0.324. The molecule has 0 aliphatic carbocycles. The number of carbonyl (C=O) groups excluding carboxylic acids is 5.